The van der Waals surface area contributed by atoms with Gasteiger partial charge in [0, 0.05) is 24.7 Å². The number of amides is 2. The summed E-state index contributed by atoms with van der Waals surface area (Å²) in [4.78, 5) is 46.5. The van der Waals surface area contributed by atoms with Gasteiger partial charge >= 0.3 is 0 Å². The molecule has 1 aromatic heterocycles. The second kappa shape index (κ2) is 10.4. The summed E-state index contributed by atoms with van der Waals surface area (Å²) >= 11 is 0. The normalized spacial score (nSPS) is 15.6. The van der Waals surface area contributed by atoms with E-state index in [0.717, 1.165) is 18.5 Å². The van der Waals surface area contributed by atoms with E-state index < -0.39 is 6.04 Å². The fraction of sp³-hybridized carbons (Fsp3) is 0.500. The average Bonchev–Trinajstić information content (AvgIpc) is 3.28. The summed E-state index contributed by atoms with van der Waals surface area (Å²) in [5, 5.41) is 2.92. The van der Waals surface area contributed by atoms with Crippen LogP contribution in [-0.2, 0) is 22.4 Å². The van der Waals surface area contributed by atoms with Crippen LogP contribution in [0.4, 0.5) is 5.69 Å². The second-order valence-corrected chi connectivity index (χ2v) is 7.97. The maximum absolute atomic E-state index is 12.9. The van der Waals surface area contributed by atoms with Crippen LogP contribution in [0.15, 0.2) is 23.0 Å². The highest BCUT2D eigenvalue weighted by Gasteiger charge is 2.32. The summed E-state index contributed by atoms with van der Waals surface area (Å²) in [7, 11) is 0. The van der Waals surface area contributed by atoms with Gasteiger partial charge in [-0.05, 0) is 50.3 Å². The van der Waals surface area contributed by atoms with Crippen LogP contribution in [0.25, 0.3) is 11.4 Å². The first-order chi connectivity index (χ1) is 15.4. The molecule has 0 bridgehead atoms. The van der Waals surface area contributed by atoms with Gasteiger partial charge in [0.25, 0.3) is 5.56 Å². The maximum Gasteiger partial charge on any atom is 0.254 e. The molecule has 2 amide bonds. The molecule has 1 aromatic carbocycles. The molecule has 0 spiro atoms. The first-order valence-electron chi connectivity index (χ1n) is 11.4. The molecule has 0 saturated carbocycles. The first-order valence-corrected chi connectivity index (χ1v) is 11.4. The zero-order valence-electron chi connectivity index (χ0n) is 19.3. The largest absolute Gasteiger partial charge is 0.493 e. The minimum absolute atomic E-state index is 0.100. The number of nitrogens with zero attached hydrogens (tertiary/aromatic N) is 2. The van der Waals surface area contributed by atoms with Gasteiger partial charge in [0.2, 0.25) is 11.8 Å². The number of nitrogens with one attached hydrogen (secondary N) is 2. The summed E-state index contributed by atoms with van der Waals surface area (Å²) in [5.74, 6) is 0.683. The maximum atomic E-state index is 12.9. The van der Waals surface area contributed by atoms with Crippen molar-refractivity contribution in [3.63, 3.8) is 0 Å². The summed E-state index contributed by atoms with van der Waals surface area (Å²) in [6, 6.07) is 4.83. The number of carbonyl (C=O) groups excluding carboxylic acids is 2. The standard InChI is InChI=1S/C24H32N4O4/c1-5-13-32-21-11-10-16(25-24(31)20-9-8-12-28(20)15(4)29)14-18(21)22-26-19(7-3)17(6-2)23(30)27-22/h10-11,14,20H,5-9,12-13H2,1-4H3,(H,25,31)(H,26,27,30). The van der Waals surface area contributed by atoms with Crippen molar-refractivity contribution in [1.29, 1.82) is 0 Å². The Balaban J connectivity index is 1.97. The third-order valence-corrected chi connectivity index (χ3v) is 5.71. The van der Waals surface area contributed by atoms with E-state index in [-0.39, 0.29) is 17.4 Å². The highest BCUT2D eigenvalue weighted by molar-refractivity contribution is 5.97. The minimum atomic E-state index is -0.472. The van der Waals surface area contributed by atoms with Gasteiger partial charge in [0.1, 0.15) is 17.6 Å². The third-order valence-electron chi connectivity index (χ3n) is 5.71. The lowest BCUT2D eigenvalue weighted by molar-refractivity contribution is -0.134. The van der Waals surface area contributed by atoms with Crippen LogP contribution < -0.4 is 15.6 Å². The molecule has 1 aliphatic rings. The fourth-order valence-electron chi connectivity index (χ4n) is 4.10. The number of ether oxygens (including phenoxy) is 1. The lowest BCUT2D eigenvalue weighted by atomic mass is 10.1. The van der Waals surface area contributed by atoms with Crippen molar-refractivity contribution in [2.45, 2.75) is 65.8 Å². The Morgan fingerprint density at radius 3 is 2.69 bits per heavy atom. The zero-order valence-corrected chi connectivity index (χ0v) is 19.3. The Morgan fingerprint density at radius 1 is 1.25 bits per heavy atom. The molecule has 8 nitrogen and oxygen atoms in total. The van der Waals surface area contributed by atoms with E-state index in [0.29, 0.717) is 60.8 Å². The predicted octanol–water partition coefficient (Wildman–Crippen LogP) is 3.30. The van der Waals surface area contributed by atoms with Crippen molar-refractivity contribution in [1.82, 2.24) is 14.9 Å². The number of hydrogen-bond acceptors (Lipinski definition) is 5. The van der Waals surface area contributed by atoms with Gasteiger partial charge in [0.05, 0.1) is 17.9 Å². The summed E-state index contributed by atoms with van der Waals surface area (Å²) < 4.78 is 5.89. The Labute approximate surface area is 188 Å². The number of likely N-dealkylation sites (tertiary alicyclic amines) is 1. The first kappa shape index (κ1) is 23.5. The molecule has 1 unspecified atom stereocenters. The summed E-state index contributed by atoms with van der Waals surface area (Å²) in [6.45, 7) is 8.52. The smallest absolute Gasteiger partial charge is 0.254 e. The van der Waals surface area contributed by atoms with Crippen molar-refractivity contribution in [3.05, 3.63) is 39.8 Å². The van der Waals surface area contributed by atoms with E-state index in [4.69, 9.17) is 9.72 Å². The molecule has 172 valence electrons. The van der Waals surface area contributed by atoms with Crippen molar-refractivity contribution in [2.75, 3.05) is 18.5 Å². The molecular weight excluding hydrogens is 408 g/mol. The number of carbonyl (C=O) groups is 2. The highest BCUT2D eigenvalue weighted by Crippen LogP contribution is 2.31. The fourth-order valence-corrected chi connectivity index (χ4v) is 4.10. The molecule has 3 rings (SSSR count). The van der Waals surface area contributed by atoms with Gasteiger partial charge in [-0.25, -0.2) is 4.98 Å². The van der Waals surface area contributed by atoms with E-state index in [1.54, 1.807) is 23.1 Å². The van der Waals surface area contributed by atoms with Gasteiger partial charge in [-0.2, -0.15) is 0 Å². The Hall–Kier alpha value is -3.16. The molecule has 1 fully saturated rings. The van der Waals surface area contributed by atoms with Gasteiger partial charge in [-0.3, -0.25) is 14.4 Å². The van der Waals surface area contributed by atoms with Crippen molar-refractivity contribution in [3.8, 4) is 17.1 Å². The van der Waals surface area contributed by atoms with Crippen LogP contribution >= 0.6 is 0 Å². The number of anilines is 1. The van der Waals surface area contributed by atoms with Crippen LogP contribution in [0.2, 0.25) is 0 Å². The van der Waals surface area contributed by atoms with E-state index in [2.05, 4.69) is 10.3 Å². The molecule has 1 saturated heterocycles. The molecule has 2 aromatic rings. The van der Waals surface area contributed by atoms with Gasteiger partial charge in [-0.15, -0.1) is 0 Å². The summed E-state index contributed by atoms with van der Waals surface area (Å²) in [6.07, 6.45) is 3.53. The molecule has 32 heavy (non-hydrogen) atoms. The monoisotopic (exact) mass is 440 g/mol. The number of aromatic amines is 1. The topological polar surface area (TPSA) is 104 Å². The van der Waals surface area contributed by atoms with Crippen molar-refractivity contribution < 1.29 is 14.3 Å². The molecule has 1 atom stereocenters. The number of aryl methyl sites for hydroxylation is 1. The van der Waals surface area contributed by atoms with E-state index in [1.165, 1.54) is 6.92 Å². The van der Waals surface area contributed by atoms with E-state index in [9.17, 15) is 14.4 Å². The quantitative estimate of drug-likeness (QED) is 0.655. The molecule has 1 aliphatic heterocycles. The van der Waals surface area contributed by atoms with Gasteiger partial charge in [0.15, 0.2) is 0 Å². The van der Waals surface area contributed by atoms with E-state index in [1.807, 2.05) is 20.8 Å². The predicted molar refractivity (Wildman–Crippen MR) is 124 cm³/mol. The van der Waals surface area contributed by atoms with Gasteiger partial charge in [-0.1, -0.05) is 20.8 Å². The minimum Gasteiger partial charge on any atom is -0.493 e. The van der Waals surface area contributed by atoms with Crippen LogP contribution in [-0.4, -0.2) is 45.9 Å². The SMILES string of the molecule is CCCOc1ccc(NC(=O)C2CCCN2C(C)=O)cc1-c1nc(CC)c(CC)c(=O)[nH]1. The summed E-state index contributed by atoms with van der Waals surface area (Å²) in [5.41, 5.74) is 2.45. The molecule has 2 heterocycles. The Morgan fingerprint density at radius 2 is 2.03 bits per heavy atom. The molecular formula is C24H32N4O4. The number of rotatable bonds is 8. The number of aromatic nitrogens is 2. The van der Waals surface area contributed by atoms with E-state index >= 15 is 0 Å². The van der Waals surface area contributed by atoms with Crippen LogP contribution in [0.3, 0.4) is 0 Å². The molecule has 0 aliphatic carbocycles. The lowest BCUT2D eigenvalue weighted by Crippen LogP contribution is -2.42. The van der Waals surface area contributed by atoms with Crippen LogP contribution in [0.5, 0.6) is 5.75 Å². The number of hydrogen-bond donors (Lipinski definition) is 2. The highest BCUT2D eigenvalue weighted by atomic mass is 16.5. The average molecular weight is 441 g/mol. The molecule has 8 heteroatoms. The van der Waals surface area contributed by atoms with Gasteiger partial charge < -0.3 is 19.9 Å². The lowest BCUT2D eigenvalue weighted by Gasteiger charge is -2.22. The van der Waals surface area contributed by atoms with Crippen molar-refractivity contribution >= 4 is 17.5 Å². The zero-order chi connectivity index (χ0) is 23.3. The second-order valence-electron chi connectivity index (χ2n) is 7.97. The Kier molecular flexibility index (Phi) is 7.66. The third kappa shape index (κ3) is 5.00. The van der Waals surface area contributed by atoms with Crippen LogP contribution in [0, 0.1) is 0 Å². The van der Waals surface area contributed by atoms with Crippen LogP contribution in [0.1, 0.15) is 58.2 Å². The number of benzene rings is 1. The Bertz CT molecular complexity index is 1050. The molecule has 2 N–H and O–H groups in total. The molecule has 0 radical (unpaired) electrons. The van der Waals surface area contributed by atoms with Crippen molar-refractivity contribution in [2.24, 2.45) is 0 Å². The number of H-pyrrole nitrogens is 1.